The van der Waals surface area contributed by atoms with Crippen molar-refractivity contribution in [1.82, 2.24) is 10.2 Å². The number of amides is 2. The number of hydrogen-bond donors (Lipinski definition) is 1. The van der Waals surface area contributed by atoms with Gasteiger partial charge in [-0.1, -0.05) is 42.8 Å². The van der Waals surface area contributed by atoms with Crippen LogP contribution in [0.3, 0.4) is 0 Å². The van der Waals surface area contributed by atoms with Crippen molar-refractivity contribution in [3.05, 3.63) is 64.7 Å². The number of methoxy groups -OCH3 is 1. The minimum Gasteiger partial charge on any atom is -0.481 e. The van der Waals surface area contributed by atoms with Gasteiger partial charge in [0, 0.05) is 26.1 Å². The van der Waals surface area contributed by atoms with Crippen LogP contribution in [0.1, 0.15) is 54.5 Å². The SMILES string of the molecule is CC[C@H](Oc1ccc2c(c1)[C@H](c1cccc(C)c1)N(C(=O)C1CC1)CC2)C(=O)NCCOC. The van der Waals surface area contributed by atoms with Gasteiger partial charge in [0.15, 0.2) is 6.10 Å². The maximum absolute atomic E-state index is 13.2. The summed E-state index contributed by atoms with van der Waals surface area (Å²) in [5.41, 5.74) is 4.61. The second-order valence-corrected chi connectivity index (χ2v) is 9.03. The maximum atomic E-state index is 13.2. The molecule has 1 saturated carbocycles. The summed E-state index contributed by atoms with van der Waals surface area (Å²) in [6.07, 6.45) is 2.78. The van der Waals surface area contributed by atoms with Crippen LogP contribution in [0.25, 0.3) is 0 Å². The molecule has 2 aromatic rings. The van der Waals surface area contributed by atoms with Crippen molar-refractivity contribution >= 4 is 11.8 Å². The van der Waals surface area contributed by atoms with E-state index in [9.17, 15) is 9.59 Å². The van der Waals surface area contributed by atoms with Crippen LogP contribution in [0.2, 0.25) is 0 Å². The molecule has 33 heavy (non-hydrogen) atoms. The highest BCUT2D eigenvalue weighted by molar-refractivity contribution is 5.82. The lowest BCUT2D eigenvalue weighted by Crippen LogP contribution is -2.41. The summed E-state index contributed by atoms with van der Waals surface area (Å²) in [4.78, 5) is 27.8. The van der Waals surface area contributed by atoms with E-state index in [0.29, 0.717) is 25.3 Å². The van der Waals surface area contributed by atoms with Crippen LogP contribution < -0.4 is 10.1 Å². The fourth-order valence-corrected chi connectivity index (χ4v) is 4.55. The molecular formula is C27H34N2O4. The van der Waals surface area contributed by atoms with E-state index in [1.54, 1.807) is 7.11 Å². The lowest BCUT2D eigenvalue weighted by molar-refractivity contribution is -0.134. The molecule has 0 spiro atoms. The van der Waals surface area contributed by atoms with E-state index in [0.717, 1.165) is 36.9 Å². The van der Waals surface area contributed by atoms with Gasteiger partial charge in [0.25, 0.3) is 5.91 Å². The third-order valence-electron chi connectivity index (χ3n) is 6.46. The summed E-state index contributed by atoms with van der Waals surface area (Å²) in [6, 6.07) is 14.3. The van der Waals surface area contributed by atoms with Gasteiger partial charge in [-0.25, -0.2) is 0 Å². The number of carbonyl (C=O) groups is 2. The van der Waals surface area contributed by atoms with E-state index in [1.165, 1.54) is 11.1 Å². The van der Waals surface area contributed by atoms with Crippen LogP contribution in [0.15, 0.2) is 42.5 Å². The maximum Gasteiger partial charge on any atom is 0.261 e. The van der Waals surface area contributed by atoms with Crippen molar-refractivity contribution in [2.45, 2.75) is 51.7 Å². The van der Waals surface area contributed by atoms with Crippen molar-refractivity contribution in [2.75, 3.05) is 26.8 Å². The van der Waals surface area contributed by atoms with Gasteiger partial charge in [0.1, 0.15) is 5.75 Å². The molecule has 2 atom stereocenters. The first-order valence-corrected chi connectivity index (χ1v) is 11.9. The summed E-state index contributed by atoms with van der Waals surface area (Å²) in [5, 5.41) is 2.86. The molecule has 6 heteroatoms. The van der Waals surface area contributed by atoms with E-state index >= 15 is 0 Å². The van der Waals surface area contributed by atoms with Crippen LogP contribution in [0.5, 0.6) is 5.75 Å². The van der Waals surface area contributed by atoms with Crippen molar-refractivity contribution in [3.63, 3.8) is 0 Å². The molecule has 1 N–H and O–H groups in total. The Balaban J connectivity index is 1.63. The van der Waals surface area contributed by atoms with Crippen molar-refractivity contribution in [1.29, 1.82) is 0 Å². The first-order valence-electron chi connectivity index (χ1n) is 11.9. The van der Waals surface area contributed by atoms with Gasteiger partial charge in [-0.3, -0.25) is 9.59 Å². The van der Waals surface area contributed by atoms with Gasteiger partial charge in [-0.05, 0) is 61.4 Å². The Labute approximate surface area is 196 Å². The number of benzene rings is 2. The van der Waals surface area contributed by atoms with Crippen LogP contribution in [-0.4, -0.2) is 49.6 Å². The number of nitrogens with one attached hydrogen (secondary N) is 1. The third kappa shape index (κ3) is 5.38. The van der Waals surface area contributed by atoms with Gasteiger partial charge in [-0.15, -0.1) is 0 Å². The molecule has 0 saturated heterocycles. The Morgan fingerprint density at radius 3 is 2.70 bits per heavy atom. The van der Waals surface area contributed by atoms with E-state index in [2.05, 4.69) is 42.6 Å². The molecule has 0 aromatic heterocycles. The molecule has 4 rings (SSSR count). The Kier molecular flexibility index (Phi) is 7.33. The Hall–Kier alpha value is -2.86. The molecule has 1 aliphatic carbocycles. The number of ether oxygens (including phenoxy) is 2. The average Bonchev–Trinajstić information content (AvgIpc) is 3.67. The predicted molar refractivity (Wildman–Crippen MR) is 127 cm³/mol. The number of rotatable bonds is 9. The Morgan fingerprint density at radius 1 is 1.18 bits per heavy atom. The van der Waals surface area contributed by atoms with Gasteiger partial charge >= 0.3 is 0 Å². The number of carbonyl (C=O) groups excluding carboxylic acids is 2. The standard InChI is InChI=1S/C27H34N2O4/c1-4-24(26(30)28-13-15-32-3)33-22-11-10-19-12-14-29(27(31)20-8-9-20)25(23(19)17-22)21-7-5-6-18(2)16-21/h5-7,10-11,16-17,20,24-25H,4,8-9,12-15H2,1-3H3,(H,28,30)/t24-,25-/m0/s1. The first-order chi connectivity index (χ1) is 16.0. The number of nitrogens with zero attached hydrogens (tertiary/aromatic N) is 1. The summed E-state index contributed by atoms with van der Waals surface area (Å²) in [6.45, 7) is 5.65. The molecule has 6 nitrogen and oxygen atoms in total. The third-order valence-corrected chi connectivity index (χ3v) is 6.46. The van der Waals surface area contributed by atoms with E-state index in [-0.39, 0.29) is 23.8 Å². The van der Waals surface area contributed by atoms with Gasteiger partial charge in [0.2, 0.25) is 5.91 Å². The van der Waals surface area contributed by atoms with E-state index < -0.39 is 6.10 Å². The highest BCUT2D eigenvalue weighted by Gasteiger charge is 2.39. The molecule has 0 bridgehead atoms. The fourth-order valence-electron chi connectivity index (χ4n) is 4.55. The molecule has 1 fully saturated rings. The summed E-state index contributed by atoms with van der Waals surface area (Å²) in [7, 11) is 1.61. The summed E-state index contributed by atoms with van der Waals surface area (Å²) in [5.74, 6) is 0.926. The zero-order valence-electron chi connectivity index (χ0n) is 19.8. The van der Waals surface area contributed by atoms with Gasteiger partial charge in [0.05, 0.1) is 12.6 Å². The van der Waals surface area contributed by atoms with E-state index in [1.807, 2.05) is 24.0 Å². The summed E-state index contributed by atoms with van der Waals surface area (Å²) >= 11 is 0. The number of fused-ring (bicyclic) bond motifs is 1. The van der Waals surface area contributed by atoms with Crippen LogP contribution in [0, 0.1) is 12.8 Å². The molecule has 176 valence electrons. The second kappa shape index (κ2) is 10.4. The average molecular weight is 451 g/mol. The monoisotopic (exact) mass is 450 g/mol. The predicted octanol–water partition coefficient (Wildman–Crippen LogP) is 3.80. The van der Waals surface area contributed by atoms with Crippen molar-refractivity contribution in [2.24, 2.45) is 5.92 Å². The zero-order chi connectivity index (χ0) is 23.4. The smallest absolute Gasteiger partial charge is 0.261 e. The fraction of sp³-hybridized carbons (Fsp3) is 0.481. The van der Waals surface area contributed by atoms with E-state index in [4.69, 9.17) is 9.47 Å². The van der Waals surface area contributed by atoms with Crippen molar-refractivity contribution < 1.29 is 19.1 Å². The topological polar surface area (TPSA) is 67.9 Å². The quantitative estimate of drug-likeness (QED) is 0.590. The molecule has 2 aliphatic rings. The lowest BCUT2D eigenvalue weighted by Gasteiger charge is -2.38. The highest BCUT2D eigenvalue weighted by atomic mass is 16.5. The molecule has 1 heterocycles. The van der Waals surface area contributed by atoms with Gasteiger partial charge in [-0.2, -0.15) is 0 Å². The van der Waals surface area contributed by atoms with Crippen LogP contribution >= 0.6 is 0 Å². The molecule has 1 aliphatic heterocycles. The second-order valence-electron chi connectivity index (χ2n) is 9.03. The Morgan fingerprint density at radius 2 is 2.00 bits per heavy atom. The molecule has 2 aromatic carbocycles. The summed E-state index contributed by atoms with van der Waals surface area (Å²) < 4.78 is 11.1. The van der Waals surface area contributed by atoms with Crippen LogP contribution in [-0.2, 0) is 20.7 Å². The first kappa shape index (κ1) is 23.3. The molecular weight excluding hydrogens is 416 g/mol. The number of aryl methyl sites for hydroxylation is 1. The molecule has 0 unspecified atom stereocenters. The zero-order valence-corrected chi connectivity index (χ0v) is 19.8. The molecule has 0 radical (unpaired) electrons. The Bertz CT molecular complexity index is 1000. The largest absolute Gasteiger partial charge is 0.481 e. The highest BCUT2D eigenvalue weighted by Crippen LogP contribution is 2.41. The van der Waals surface area contributed by atoms with Crippen LogP contribution in [0.4, 0.5) is 0 Å². The number of hydrogen-bond acceptors (Lipinski definition) is 4. The minimum absolute atomic E-state index is 0.138. The van der Waals surface area contributed by atoms with Crippen molar-refractivity contribution in [3.8, 4) is 5.75 Å². The lowest BCUT2D eigenvalue weighted by atomic mass is 9.87. The van der Waals surface area contributed by atoms with Gasteiger partial charge < -0.3 is 19.7 Å². The normalized spacial score (nSPS) is 18.4. The molecule has 2 amide bonds. The minimum atomic E-state index is -0.579.